The second-order valence-electron chi connectivity index (χ2n) is 5.47. The topological polar surface area (TPSA) is 40.2 Å². The highest BCUT2D eigenvalue weighted by Crippen LogP contribution is 2.25. The Morgan fingerprint density at radius 1 is 1.44 bits per heavy atom. The third-order valence-corrected chi connectivity index (χ3v) is 10.9. The van der Waals surface area contributed by atoms with E-state index in [9.17, 15) is 0 Å². The van der Waals surface area contributed by atoms with Crippen molar-refractivity contribution in [2.75, 3.05) is 19.8 Å². The van der Waals surface area contributed by atoms with Crippen molar-refractivity contribution in [3.8, 4) is 0 Å². The molecule has 0 N–H and O–H groups in total. The van der Waals surface area contributed by atoms with E-state index in [1.165, 1.54) is 18.9 Å². The fourth-order valence-electron chi connectivity index (χ4n) is 2.50. The van der Waals surface area contributed by atoms with Gasteiger partial charge in [0.1, 0.15) is 6.10 Å². The van der Waals surface area contributed by atoms with Gasteiger partial charge in [0.25, 0.3) is 0 Å². The van der Waals surface area contributed by atoms with E-state index >= 15 is 0 Å². The lowest BCUT2D eigenvalue weighted by Crippen LogP contribution is -2.55. The Morgan fingerprint density at radius 2 is 2.22 bits per heavy atom. The van der Waals surface area contributed by atoms with Gasteiger partial charge in [0.15, 0.2) is 9.04 Å². The Balaban J connectivity index is 1.93. The van der Waals surface area contributed by atoms with E-state index in [4.69, 9.17) is 18.0 Å². The Bertz CT molecular complexity index is 262. The van der Waals surface area contributed by atoms with Crippen LogP contribution >= 0.6 is 0 Å². The molecule has 2 rings (SSSR count). The lowest BCUT2D eigenvalue weighted by molar-refractivity contribution is 0.0496. The van der Waals surface area contributed by atoms with E-state index in [0.717, 1.165) is 19.6 Å². The third kappa shape index (κ3) is 4.14. The maximum Gasteiger partial charge on any atom is 0.354 e. The summed E-state index contributed by atoms with van der Waals surface area (Å²) in [5.74, 6) is 0. The molecule has 2 heterocycles. The van der Waals surface area contributed by atoms with E-state index in [-0.39, 0.29) is 5.73 Å². The molecule has 0 radical (unpaired) electrons. The number of epoxide rings is 1. The van der Waals surface area contributed by atoms with Crippen LogP contribution in [-0.4, -0.2) is 49.3 Å². The monoisotopic (exact) mass is 290 g/mol. The normalized spacial score (nSPS) is 38.8. The smallest absolute Gasteiger partial charge is 0.354 e. The second kappa shape index (κ2) is 6.63. The van der Waals surface area contributed by atoms with Crippen LogP contribution in [0.25, 0.3) is 0 Å². The van der Waals surface area contributed by atoms with Crippen LogP contribution in [0.3, 0.4) is 0 Å². The van der Waals surface area contributed by atoms with Crippen LogP contribution in [0.4, 0.5) is 0 Å². The van der Waals surface area contributed by atoms with Crippen molar-refractivity contribution < 1.29 is 18.0 Å². The third-order valence-electron chi connectivity index (χ3n) is 3.67. The summed E-state index contributed by atoms with van der Waals surface area (Å²) in [7, 11) is -3.24. The molecule has 0 bridgehead atoms. The molecule has 0 aromatic carbocycles. The summed E-state index contributed by atoms with van der Waals surface area (Å²) in [6.45, 7) is 9.02. The molecule has 4 nitrogen and oxygen atoms in total. The maximum atomic E-state index is 6.37. The van der Waals surface area contributed by atoms with Gasteiger partial charge in [0.2, 0.25) is 0 Å². The van der Waals surface area contributed by atoms with Gasteiger partial charge >= 0.3 is 8.56 Å². The molecule has 2 saturated heterocycles. The molecule has 106 valence electrons. The lowest BCUT2D eigenvalue weighted by Gasteiger charge is -2.37. The Morgan fingerprint density at radius 3 is 2.89 bits per heavy atom. The van der Waals surface area contributed by atoms with Gasteiger partial charge in [-0.15, -0.1) is 0 Å². The van der Waals surface area contributed by atoms with Crippen LogP contribution in [0.2, 0.25) is 19.1 Å². The molecule has 4 atom stereocenters. The summed E-state index contributed by atoms with van der Waals surface area (Å²) < 4.78 is 23.7. The second-order valence-corrected chi connectivity index (χ2v) is 11.6. The van der Waals surface area contributed by atoms with Crippen molar-refractivity contribution in [2.45, 2.75) is 57.2 Å². The summed E-state index contributed by atoms with van der Waals surface area (Å²) in [6.07, 6.45) is 3.72. The van der Waals surface area contributed by atoms with Gasteiger partial charge in [0.05, 0.1) is 18.9 Å². The predicted molar refractivity (Wildman–Crippen MR) is 75.5 cm³/mol. The van der Waals surface area contributed by atoms with Crippen molar-refractivity contribution in [1.82, 2.24) is 0 Å². The zero-order chi connectivity index (χ0) is 13.0. The molecule has 0 aliphatic carbocycles. The molecule has 2 aliphatic rings. The van der Waals surface area contributed by atoms with E-state index in [2.05, 4.69) is 20.0 Å². The number of hydrogen-bond acceptors (Lipinski definition) is 4. The zero-order valence-electron chi connectivity index (χ0n) is 11.8. The largest absolute Gasteiger partial charge is 0.437 e. The van der Waals surface area contributed by atoms with Gasteiger partial charge < -0.3 is 18.0 Å². The van der Waals surface area contributed by atoms with Gasteiger partial charge in [-0.25, -0.2) is 0 Å². The van der Waals surface area contributed by atoms with Crippen LogP contribution in [0.1, 0.15) is 26.2 Å². The summed E-state index contributed by atoms with van der Waals surface area (Å²) >= 11 is 0. The summed E-state index contributed by atoms with van der Waals surface area (Å²) in [4.78, 5) is 0. The Kier molecular flexibility index (Phi) is 5.40. The van der Waals surface area contributed by atoms with Gasteiger partial charge in [-0.2, -0.15) is 0 Å². The first kappa shape index (κ1) is 14.7. The molecular formula is C12H26O4Si2. The molecule has 6 heteroatoms. The fraction of sp³-hybridized carbons (Fsp3) is 1.00. The molecule has 0 aromatic rings. The molecular weight excluding hydrogens is 264 g/mol. The van der Waals surface area contributed by atoms with Crippen molar-refractivity contribution >= 4 is 17.6 Å². The van der Waals surface area contributed by atoms with Crippen LogP contribution in [-0.2, 0) is 18.0 Å². The molecule has 2 fully saturated rings. The van der Waals surface area contributed by atoms with Gasteiger partial charge in [-0.05, 0) is 32.0 Å². The molecule has 0 saturated carbocycles. The molecule has 18 heavy (non-hydrogen) atoms. The van der Waals surface area contributed by atoms with Crippen molar-refractivity contribution in [3.63, 3.8) is 0 Å². The van der Waals surface area contributed by atoms with Crippen molar-refractivity contribution in [2.24, 2.45) is 0 Å². The van der Waals surface area contributed by atoms with Gasteiger partial charge in [-0.1, -0.05) is 13.3 Å². The number of hydrogen-bond donors (Lipinski definition) is 0. The van der Waals surface area contributed by atoms with E-state index in [0.29, 0.717) is 12.7 Å². The number of ether oxygens (including phenoxy) is 2. The predicted octanol–water partition coefficient (Wildman–Crippen LogP) is 1.97. The quantitative estimate of drug-likeness (QED) is 0.573. The minimum Gasteiger partial charge on any atom is -0.437 e. The zero-order valence-corrected chi connectivity index (χ0v) is 14.0. The summed E-state index contributed by atoms with van der Waals surface area (Å²) in [6, 6.07) is 1.27. The van der Waals surface area contributed by atoms with Gasteiger partial charge in [-0.3, -0.25) is 0 Å². The Labute approximate surface area is 113 Å². The highest BCUT2D eigenvalue weighted by molar-refractivity contribution is 6.75. The molecule has 0 aromatic heterocycles. The average Bonchev–Trinajstić information content (AvgIpc) is 3.11. The molecule has 0 spiro atoms. The van der Waals surface area contributed by atoms with E-state index in [1.54, 1.807) is 0 Å². The van der Waals surface area contributed by atoms with Crippen LogP contribution in [0.5, 0.6) is 0 Å². The highest BCUT2D eigenvalue weighted by Gasteiger charge is 2.43. The maximum absolute atomic E-state index is 6.37. The van der Waals surface area contributed by atoms with Crippen molar-refractivity contribution in [3.05, 3.63) is 0 Å². The molecule has 0 amide bonds. The first-order valence-corrected chi connectivity index (χ1v) is 12.0. The van der Waals surface area contributed by atoms with Crippen molar-refractivity contribution in [1.29, 1.82) is 0 Å². The standard InChI is InChI=1S/C12H26O4Si2/c1-4-12(14-10-11-9-13-11)18(3)15-7-5-6-8-17(2)16-18/h11-12,17H,4-10H2,1-3H3. The van der Waals surface area contributed by atoms with Gasteiger partial charge in [0, 0.05) is 6.61 Å². The average molecular weight is 291 g/mol. The summed E-state index contributed by atoms with van der Waals surface area (Å²) in [5.41, 5.74) is 0.148. The molecule has 4 unspecified atom stereocenters. The molecule has 2 aliphatic heterocycles. The van der Waals surface area contributed by atoms with Crippen LogP contribution in [0.15, 0.2) is 0 Å². The first-order chi connectivity index (χ1) is 8.64. The number of rotatable bonds is 5. The van der Waals surface area contributed by atoms with E-state index in [1.807, 2.05) is 0 Å². The minimum atomic E-state index is -2.17. The lowest BCUT2D eigenvalue weighted by atomic mass is 10.4. The van der Waals surface area contributed by atoms with Crippen LogP contribution < -0.4 is 0 Å². The Hall–Kier alpha value is 0.274. The van der Waals surface area contributed by atoms with E-state index < -0.39 is 17.6 Å². The highest BCUT2D eigenvalue weighted by atomic mass is 28.4. The SMILES string of the molecule is CCC(OCC1CO1)[Si]1(C)OCCCC[SiH](C)O1. The first-order valence-electron chi connectivity index (χ1n) is 7.19. The fourth-order valence-corrected chi connectivity index (χ4v) is 9.78. The summed E-state index contributed by atoms with van der Waals surface area (Å²) in [5, 5.41) is 0. The minimum absolute atomic E-state index is 0.148. The van der Waals surface area contributed by atoms with Crippen LogP contribution in [0, 0.1) is 0 Å².